The SMILES string of the molecule is [N-]=[N+]=NCc1ccc(N)nc1. The summed E-state index contributed by atoms with van der Waals surface area (Å²) in [7, 11) is 0. The van der Waals surface area contributed by atoms with Gasteiger partial charge in [0.05, 0.1) is 6.54 Å². The number of nitrogen functional groups attached to an aromatic ring is 1. The molecule has 5 heteroatoms. The minimum Gasteiger partial charge on any atom is -0.384 e. The van der Waals surface area contributed by atoms with Crippen molar-refractivity contribution in [1.82, 2.24) is 4.98 Å². The summed E-state index contributed by atoms with van der Waals surface area (Å²) in [6.07, 6.45) is 1.59. The topological polar surface area (TPSA) is 87.7 Å². The van der Waals surface area contributed by atoms with Gasteiger partial charge in [-0.15, -0.1) is 0 Å². The lowest BCUT2D eigenvalue weighted by molar-refractivity contribution is 1.03. The average molecular weight is 149 g/mol. The zero-order valence-electron chi connectivity index (χ0n) is 5.81. The molecular weight excluding hydrogens is 142 g/mol. The minimum atomic E-state index is 0.323. The number of nitrogens with zero attached hydrogens (tertiary/aromatic N) is 4. The second-order valence-electron chi connectivity index (χ2n) is 1.98. The first-order valence-electron chi connectivity index (χ1n) is 3.04. The summed E-state index contributed by atoms with van der Waals surface area (Å²) in [5.74, 6) is 0.467. The van der Waals surface area contributed by atoms with Crippen molar-refractivity contribution in [2.75, 3.05) is 5.73 Å². The highest BCUT2D eigenvalue weighted by Crippen LogP contribution is 2.02. The lowest BCUT2D eigenvalue weighted by Gasteiger charge is -1.93. The Kier molecular flexibility index (Phi) is 2.30. The highest BCUT2D eigenvalue weighted by molar-refractivity contribution is 5.29. The predicted octanol–water partition coefficient (Wildman–Crippen LogP) is 1.47. The number of hydrogen-bond donors (Lipinski definition) is 1. The van der Waals surface area contributed by atoms with E-state index >= 15 is 0 Å². The Morgan fingerprint density at radius 3 is 3.00 bits per heavy atom. The van der Waals surface area contributed by atoms with Crippen LogP contribution in [0.15, 0.2) is 23.4 Å². The van der Waals surface area contributed by atoms with Gasteiger partial charge in [0.25, 0.3) is 0 Å². The molecule has 0 amide bonds. The number of azide groups is 1. The molecule has 0 aliphatic carbocycles. The second kappa shape index (κ2) is 3.43. The van der Waals surface area contributed by atoms with Crippen LogP contribution in [-0.2, 0) is 6.54 Å². The van der Waals surface area contributed by atoms with E-state index in [0.717, 1.165) is 5.56 Å². The van der Waals surface area contributed by atoms with E-state index in [-0.39, 0.29) is 0 Å². The van der Waals surface area contributed by atoms with E-state index in [2.05, 4.69) is 15.0 Å². The zero-order valence-corrected chi connectivity index (χ0v) is 5.81. The molecule has 0 saturated heterocycles. The second-order valence-corrected chi connectivity index (χ2v) is 1.98. The van der Waals surface area contributed by atoms with Crippen LogP contribution >= 0.6 is 0 Å². The van der Waals surface area contributed by atoms with Gasteiger partial charge in [-0.2, -0.15) is 0 Å². The molecule has 0 radical (unpaired) electrons. The van der Waals surface area contributed by atoms with Crippen LogP contribution in [0.25, 0.3) is 10.4 Å². The normalized spacial score (nSPS) is 8.73. The van der Waals surface area contributed by atoms with Crippen molar-refractivity contribution in [2.24, 2.45) is 5.11 Å². The van der Waals surface area contributed by atoms with E-state index in [9.17, 15) is 0 Å². The van der Waals surface area contributed by atoms with E-state index in [1.165, 1.54) is 0 Å². The van der Waals surface area contributed by atoms with Crippen molar-refractivity contribution < 1.29 is 0 Å². The van der Waals surface area contributed by atoms with Gasteiger partial charge in [-0.1, -0.05) is 11.2 Å². The standard InChI is InChI=1S/C6H7N5/c7-6-2-1-5(3-9-6)4-10-11-8/h1-3H,4H2,(H2,7,9). The molecule has 0 fully saturated rings. The molecule has 0 spiro atoms. The fraction of sp³-hybridized carbons (Fsp3) is 0.167. The van der Waals surface area contributed by atoms with Gasteiger partial charge in [-0.25, -0.2) is 4.98 Å². The van der Waals surface area contributed by atoms with E-state index in [4.69, 9.17) is 11.3 Å². The average Bonchev–Trinajstić information content (AvgIpc) is 2.04. The van der Waals surface area contributed by atoms with Gasteiger partial charge < -0.3 is 5.73 Å². The number of rotatable bonds is 2. The summed E-state index contributed by atoms with van der Waals surface area (Å²) in [6.45, 7) is 0.323. The molecule has 2 N–H and O–H groups in total. The van der Waals surface area contributed by atoms with Crippen LogP contribution in [0.3, 0.4) is 0 Å². The fourth-order valence-corrected chi connectivity index (χ4v) is 0.643. The van der Waals surface area contributed by atoms with Crippen LogP contribution in [0, 0.1) is 0 Å². The smallest absolute Gasteiger partial charge is 0.123 e. The van der Waals surface area contributed by atoms with Gasteiger partial charge in [0, 0.05) is 11.1 Å². The van der Waals surface area contributed by atoms with Gasteiger partial charge in [0.15, 0.2) is 0 Å². The summed E-state index contributed by atoms with van der Waals surface area (Å²) < 4.78 is 0. The van der Waals surface area contributed by atoms with Gasteiger partial charge in [-0.05, 0) is 17.2 Å². The quantitative estimate of drug-likeness (QED) is 0.392. The highest BCUT2D eigenvalue weighted by atomic mass is 15.1. The van der Waals surface area contributed by atoms with Crippen LogP contribution in [0.5, 0.6) is 0 Å². The maximum Gasteiger partial charge on any atom is 0.123 e. The number of hydrogen-bond acceptors (Lipinski definition) is 3. The lowest BCUT2D eigenvalue weighted by Crippen LogP contribution is -1.89. The maximum atomic E-state index is 8.00. The minimum absolute atomic E-state index is 0.323. The van der Waals surface area contributed by atoms with Gasteiger partial charge in [0.1, 0.15) is 5.82 Å². The molecule has 11 heavy (non-hydrogen) atoms. The maximum absolute atomic E-state index is 8.00. The van der Waals surface area contributed by atoms with Crippen LogP contribution in [0.4, 0.5) is 5.82 Å². The molecular formula is C6H7N5. The molecule has 1 aromatic heterocycles. The molecule has 0 bridgehead atoms. The van der Waals surface area contributed by atoms with Gasteiger partial charge in [-0.3, -0.25) is 0 Å². The predicted molar refractivity (Wildman–Crippen MR) is 41.5 cm³/mol. The van der Waals surface area contributed by atoms with Crippen LogP contribution < -0.4 is 5.73 Å². The number of anilines is 1. The Bertz CT molecular complexity index is 272. The molecule has 0 aromatic carbocycles. The Hall–Kier alpha value is -1.74. The highest BCUT2D eigenvalue weighted by Gasteiger charge is 1.89. The van der Waals surface area contributed by atoms with Gasteiger partial charge >= 0.3 is 0 Å². The van der Waals surface area contributed by atoms with Crippen molar-refractivity contribution >= 4 is 5.82 Å². The molecule has 56 valence electrons. The number of pyridine rings is 1. The summed E-state index contributed by atoms with van der Waals surface area (Å²) in [6, 6.07) is 3.44. The van der Waals surface area contributed by atoms with Gasteiger partial charge in [0.2, 0.25) is 0 Å². The Morgan fingerprint density at radius 1 is 1.64 bits per heavy atom. The van der Waals surface area contributed by atoms with Crippen molar-refractivity contribution in [3.05, 3.63) is 34.3 Å². The van der Waals surface area contributed by atoms with Crippen LogP contribution in [0.1, 0.15) is 5.56 Å². The van der Waals surface area contributed by atoms with E-state index in [0.29, 0.717) is 12.4 Å². The molecule has 1 rings (SSSR count). The largest absolute Gasteiger partial charge is 0.384 e. The van der Waals surface area contributed by atoms with Crippen molar-refractivity contribution in [3.8, 4) is 0 Å². The van der Waals surface area contributed by atoms with E-state index < -0.39 is 0 Å². The van der Waals surface area contributed by atoms with Crippen molar-refractivity contribution in [3.63, 3.8) is 0 Å². The first-order valence-corrected chi connectivity index (χ1v) is 3.04. The number of aromatic nitrogens is 1. The number of nitrogens with two attached hydrogens (primary N) is 1. The van der Waals surface area contributed by atoms with Crippen LogP contribution in [-0.4, -0.2) is 4.98 Å². The molecule has 0 atom stereocenters. The lowest BCUT2D eigenvalue weighted by atomic mass is 10.3. The molecule has 0 aliphatic rings. The Balaban J connectivity index is 2.73. The Morgan fingerprint density at radius 2 is 2.45 bits per heavy atom. The third-order valence-corrected chi connectivity index (χ3v) is 1.16. The van der Waals surface area contributed by atoms with E-state index in [1.54, 1.807) is 18.3 Å². The molecule has 0 unspecified atom stereocenters. The molecule has 5 nitrogen and oxygen atoms in total. The third kappa shape index (κ3) is 2.15. The molecule has 0 saturated carbocycles. The van der Waals surface area contributed by atoms with E-state index in [1.807, 2.05) is 0 Å². The first-order chi connectivity index (χ1) is 5.33. The third-order valence-electron chi connectivity index (χ3n) is 1.16. The van der Waals surface area contributed by atoms with Crippen molar-refractivity contribution in [2.45, 2.75) is 6.54 Å². The van der Waals surface area contributed by atoms with Crippen molar-refractivity contribution in [1.29, 1.82) is 0 Å². The molecule has 0 aliphatic heterocycles. The summed E-state index contributed by atoms with van der Waals surface area (Å²) in [4.78, 5) is 6.45. The Labute approximate surface area is 63.5 Å². The monoisotopic (exact) mass is 149 g/mol. The van der Waals surface area contributed by atoms with Crippen LogP contribution in [0.2, 0.25) is 0 Å². The first kappa shape index (κ1) is 7.37. The molecule has 1 aromatic rings. The summed E-state index contributed by atoms with van der Waals surface area (Å²) in [5, 5.41) is 3.37. The molecule has 1 heterocycles. The fourth-order valence-electron chi connectivity index (χ4n) is 0.643. The zero-order chi connectivity index (χ0) is 8.10. The summed E-state index contributed by atoms with van der Waals surface area (Å²) in [5.41, 5.74) is 14.2. The summed E-state index contributed by atoms with van der Waals surface area (Å²) >= 11 is 0.